The molecule has 2 rings (SSSR count). The summed E-state index contributed by atoms with van der Waals surface area (Å²) < 4.78 is 15.6. The van der Waals surface area contributed by atoms with Crippen LogP contribution in [0.2, 0.25) is 0 Å². The van der Waals surface area contributed by atoms with Crippen LogP contribution in [0.5, 0.6) is 11.9 Å². The Kier molecular flexibility index (Phi) is 5.91. The highest BCUT2D eigenvalue weighted by Gasteiger charge is 2.18. The summed E-state index contributed by atoms with van der Waals surface area (Å²) in [7, 11) is 4.97. The number of morpholine rings is 1. The summed E-state index contributed by atoms with van der Waals surface area (Å²) in [6.45, 7) is 3.08. The maximum absolute atomic E-state index is 12.1. The standard InChI is InChI=1S/C14H22N4O4/c1-18-6-7-22-10(9-18)4-5-15-13(19)11-8-12(20-2)17-14(16-11)21-3/h8,10H,4-7,9H2,1-3H3,(H,15,19)/t10-/m1/s1. The summed E-state index contributed by atoms with van der Waals surface area (Å²) in [5.74, 6) is -0.00240. The Morgan fingerprint density at radius 1 is 1.45 bits per heavy atom. The van der Waals surface area contributed by atoms with Crippen LogP contribution in [-0.2, 0) is 4.74 Å². The molecule has 0 aromatic carbocycles. The Morgan fingerprint density at radius 3 is 2.95 bits per heavy atom. The molecule has 2 heterocycles. The summed E-state index contributed by atoms with van der Waals surface area (Å²) >= 11 is 0. The van der Waals surface area contributed by atoms with Gasteiger partial charge in [-0.2, -0.15) is 9.97 Å². The minimum atomic E-state index is -0.289. The van der Waals surface area contributed by atoms with E-state index in [0.29, 0.717) is 6.54 Å². The maximum atomic E-state index is 12.1. The van der Waals surface area contributed by atoms with Gasteiger partial charge in [-0.3, -0.25) is 4.79 Å². The summed E-state index contributed by atoms with van der Waals surface area (Å²) in [4.78, 5) is 22.3. The minimum Gasteiger partial charge on any atom is -0.481 e. The molecule has 1 fully saturated rings. The van der Waals surface area contributed by atoms with Gasteiger partial charge in [-0.1, -0.05) is 0 Å². The molecule has 122 valence electrons. The van der Waals surface area contributed by atoms with E-state index < -0.39 is 0 Å². The Morgan fingerprint density at radius 2 is 2.27 bits per heavy atom. The van der Waals surface area contributed by atoms with E-state index in [1.165, 1.54) is 20.3 Å². The molecule has 22 heavy (non-hydrogen) atoms. The lowest BCUT2D eigenvalue weighted by Gasteiger charge is -2.30. The van der Waals surface area contributed by atoms with Crippen LogP contribution in [-0.4, -0.2) is 74.4 Å². The quantitative estimate of drug-likeness (QED) is 0.788. The summed E-state index contributed by atoms with van der Waals surface area (Å²) in [5, 5.41) is 2.82. The first kappa shape index (κ1) is 16.4. The van der Waals surface area contributed by atoms with Crippen LogP contribution >= 0.6 is 0 Å². The average Bonchev–Trinajstić information content (AvgIpc) is 2.54. The second-order valence-electron chi connectivity index (χ2n) is 5.08. The number of rotatable bonds is 6. The van der Waals surface area contributed by atoms with Crippen molar-refractivity contribution in [1.29, 1.82) is 0 Å². The van der Waals surface area contributed by atoms with Gasteiger partial charge in [0.1, 0.15) is 5.69 Å². The number of hydrogen-bond acceptors (Lipinski definition) is 7. The molecule has 1 aliphatic rings. The van der Waals surface area contributed by atoms with E-state index >= 15 is 0 Å². The lowest BCUT2D eigenvalue weighted by molar-refractivity contribution is -0.0226. The fraction of sp³-hybridized carbons (Fsp3) is 0.643. The number of amides is 1. The van der Waals surface area contributed by atoms with Crippen molar-refractivity contribution in [3.8, 4) is 11.9 Å². The van der Waals surface area contributed by atoms with Crippen LogP contribution in [0.1, 0.15) is 16.9 Å². The first-order valence-electron chi connectivity index (χ1n) is 7.17. The topological polar surface area (TPSA) is 85.8 Å². The van der Waals surface area contributed by atoms with Crippen molar-refractivity contribution in [2.24, 2.45) is 0 Å². The van der Waals surface area contributed by atoms with Gasteiger partial charge in [0.2, 0.25) is 5.88 Å². The number of nitrogens with one attached hydrogen (secondary N) is 1. The third-order valence-electron chi connectivity index (χ3n) is 3.40. The SMILES string of the molecule is COc1cc(C(=O)NCC[C@@H]2CN(C)CCO2)nc(OC)n1. The van der Waals surface area contributed by atoms with E-state index in [1.807, 2.05) is 0 Å². The van der Waals surface area contributed by atoms with Gasteiger partial charge in [-0.15, -0.1) is 0 Å². The van der Waals surface area contributed by atoms with E-state index in [0.717, 1.165) is 26.1 Å². The number of nitrogens with zero attached hydrogens (tertiary/aromatic N) is 3. The molecular weight excluding hydrogens is 288 g/mol. The molecule has 1 aliphatic heterocycles. The average molecular weight is 310 g/mol. The number of hydrogen-bond donors (Lipinski definition) is 1. The number of ether oxygens (including phenoxy) is 3. The van der Waals surface area contributed by atoms with E-state index in [-0.39, 0.29) is 29.6 Å². The van der Waals surface area contributed by atoms with Crippen molar-refractivity contribution >= 4 is 5.91 Å². The fourth-order valence-corrected chi connectivity index (χ4v) is 2.19. The van der Waals surface area contributed by atoms with Crippen molar-refractivity contribution in [2.45, 2.75) is 12.5 Å². The first-order valence-corrected chi connectivity index (χ1v) is 7.17. The lowest BCUT2D eigenvalue weighted by Crippen LogP contribution is -2.41. The molecule has 1 aromatic rings. The van der Waals surface area contributed by atoms with E-state index in [4.69, 9.17) is 14.2 Å². The van der Waals surface area contributed by atoms with Crippen LogP contribution in [0.15, 0.2) is 6.07 Å². The number of carbonyl (C=O) groups excluding carboxylic acids is 1. The molecular formula is C14H22N4O4. The minimum absolute atomic E-state index is 0.0988. The van der Waals surface area contributed by atoms with Gasteiger partial charge in [0, 0.05) is 25.7 Å². The largest absolute Gasteiger partial charge is 0.481 e. The van der Waals surface area contributed by atoms with Gasteiger partial charge in [-0.05, 0) is 13.5 Å². The number of likely N-dealkylation sites (N-methyl/N-ethyl adjacent to an activating group) is 1. The van der Waals surface area contributed by atoms with E-state index in [9.17, 15) is 4.79 Å². The Hall–Kier alpha value is -1.93. The zero-order valence-corrected chi connectivity index (χ0v) is 13.2. The maximum Gasteiger partial charge on any atom is 0.320 e. The normalized spacial score (nSPS) is 18.8. The zero-order chi connectivity index (χ0) is 15.9. The van der Waals surface area contributed by atoms with Crippen LogP contribution in [0, 0.1) is 0 Å². The molecule has 0 spiro atoms. The summed E-state index contributed by atoms with van der Waals surface area (Å²) in [5.41, 5.74) is 0.213. The molecule has 0 radical (unpaired) electrons. The molecule has 1 N–H and O–H groups in total. The van der Waals surface area contributed by atoms with Crippen LogP contribution in [0.3, 0.4) is 0 Å². The van der Waals surface area contributed by atoms with Gasteiger partial charge in [0.25, 0.3) is 5.91 Å². The van der Waals surface area contributed by atoms with Crippen molar-refractivity contribution in [3.63, 3.8) is 0 Å². The molecule has 0 unspecified atom stereocenters. The summed E-state index contributed by atoms with van der Waals surface area (Å²) in [6.07, 6.45) is 0.906. The third kappa shape index (κ3) is 4.54. The Balaban J connectivity index is 1.86. The van der Waals surface area contributed by atoms with Crippen LogP contribution in [0.4, 0.5) is 0 Å². The van der Waals surface area contributed by atoms with Crippen LogP contribution in [0.25, 0.3) is 0 Å². The number of methoxy groups -OCH3 is 2. The molecule has 0 aliphatic carbocycles. The number of aromatic nitrogens is 2. The smallest absolute Gasteiger partial charge is 0.320 e. The predicted octanol–water partition coefficient (Wildman–Crippen LogP) is -0.0557. The van der Waals surface area contributed by atoms with Crippen molar-refractivity contribution < 1.29 is 19.0 Å². The van der Waals surface area contributed by atoms with Gasteiger partial charge in [0.15, 0.2) is 0 Å². The molecule has 1 amide bonds. The fourth-order valence-electron chi connectivity index (χ4n) is 2.19. The molecule has 0 bridgehead atoms. The van der Waals surface area contributed by atoms with Crippen molar-refractivity contribution in [3.05, 3.63) is 11.8 Å². The predicted molar refractivity (Wildman–Crippen MR) is 79.3 cm³/mol. The van der Waals surface area contributed by atoms with Crippen LogP contribution < -0.4 is 14.8 Å². The van der Waals surface area contributed by atoms with Gasteiger partial charge in [0.05, 0.1) is 26.9 Å². The Bertz CT molecular complexity index is 489. The number of carbonyl (C=O) groups is 1. The monoisotopic (exact) mass is 310 g/mol. The van der Waals surface area contributed by atoms with Crippen molar-refractivity contribution in [1.82, 2.24) is 20.2 Å². The zero-order valence-electron chi connectivity index (χ0n) is 13.2. The summed E-state index contributed by atoms with van der Waals surface area (Å²) in [6, 6.07) is 1.57. The Labute approximate surface area is 129 Å². The molecule has 8 nitrogen and oxygen atoms in total. The highest BCUT2D eigenvalue weighted by atomic mass is 16.5. The highest BCUT2D eigenvalue weighted by molar-refractivity contribution is 5.92. The first-order chi connectivity index (χ1) is 10.6. The van der Waals surface area contributed by atoms with E-state index in [2.05, 4.69) is 27.2 Å². The molecule has 1 saturated heterocycles. The molecule has 8 heteroatoms. The lowest BCUT2D eigenvalue weighted by atomic mass is 10.2. The van der Waals surface area contributed by atoms with Crippen molar-refractivity contribution in [2.75, 3.05) is 47.5 Å². The van der Waals surface area contributed by atoms with Gasteiger partial charge >= 0.3 is 6.01 Å². The molecule has 1 aromatic heterocycles. The molecule has 0 saturated carbocycles. The second kappa shape index (κ2) is 7.90. The molecule has 1 atom stereocenters. The van der Waals surface area contributed by atoms with Gasteiger partial charge < -0.3 is 24.4 Å². The highest BCUT2D eigenvalue weighted by Crippen LogP contribution is 2.13. The second-order valence-corrected chi connectivity index (χ2v) is 5.08. The van der Waals surface area contributed by atoms with E-state index in [1.54, 1.807) is 0 Å². The third-order valence-corrected chi connectivity index (χ3v) is 3.40. The van der Waals surface area contributed by atoms with Gasteiger partial charge in [-0.25, -0.2) is 0 Å².